The van der Waals surface area contributed by atoms with Gasteiger partial charge in [0.25, 0.3) is 5.91 Å². The summed E-state index contributed by atoms with van der Waals surface area (Å²) in [6.07, 6.45) is -0.850. The van der Waals surface area contributed by atoms with E-state index >= 15 is 0 Å². The van der Waals surface area contributed by atoms with E-state index in [1.165, 1.54) is 11.8 Å². The molecule has 0 aliphatic rings. The molecule has 1 aromatic heterocycles. The molecule has 2 rings (SSSR count). The van der Waals surface area contributed by atoms with Crippen LogP contribution in [0.15, 0.2) is 41.6 Å². The predicted octanol–water partition coefficient (Wildman–Crippen LogP) is 2.43. The highest BCUT2D eigenvalue weighted by Gasteiger charge is 2.18. The summed E-state index contributed by atoms with van der Waals surface area (Å²) < 4.78 is 5.16. The van der Waals surface area contributed by atoms with Gasteiger partial charge in [0.05, 0.1) is 5.75 Å². The van der Waals surface area contributed by atoms with E-state index in [-0.39, 0.29) is 11.7 Å². The van der Waals surface area contributed by atoms with Crippen LogP contribution in [-0.4, -0.2) is 33.7 Å². The molecule has 0 spiro atoms. The molecule has 0 aliphatic heterocycles. The van der Waals surface area contributed by atoms with E-state index in [0.29, 0.717) is 11.7 Å². The second-order valence-electron chi connectivity index (χ2n) is 5.56. The second-order valence-corrected chi connectivity index (χ2v) is 6.50. The number of carbonyl (C=O) groups excluding carboxylic acids is 2. The zero-order valence-corrected chi connectivity index (χ0v) is 15.3. The van der Waals surface area contributed by atoms with Crippen LogP contribution in [0.2, 0.25) is 0 Å². The van der Waals surface area contributed by atoms with Crippen molar-refractivity contribution >= 4 is 23.6 Å². The van der Waals surface area contributed by atoms with Crippen LogP contribution >= 0.6 is 11.8 Å². The van der Waals surface area contributed by atoms with Crippen LogP contribution in [0.5, 0.6) is 0 Å². The number of ether oxygens (including phenoxy) is 1. The number of rotatable bonds is 7. The highest BCUT2D eigenvalue weighted by atomic mass is 32.2. The number of amides is 1. The number of nitrogens with one attached hydrogen (secondary N) is 1. The van der Waals surface area contributed by atoms with Gasteiger partial charge in [0.2, 0.25) is 0 Å². The minimum atomic E-state index is -0.850. The van der Waals surface area contributed by atoms with Crippen molar-refractivity contribution in [2.45, 2.75) is 38.6 Å². The first-order valence-corrected chi connectivity index (χ1v) is 8.89. The fourth-order valence-corrected chi connectivity index (χ4v) is 2.83. The summed E-state index contributed by atoms with van der Waals surface area (Å²) in [5, 5.41) is 3.27. The number of carbonyl (C=O) groups is 2. The van der Waals surface area contributed by atoms with Gasteiger partial charge in [-0.1, -0.05) is 42.1 Å². The minimum absolute atomic E-state index is 0.0548. The minimum Gasteiger partial charge on any atom is -0.452 e. The zero-order valence-electron chi connectivity index (χ0n) is 14.5. The van der Waals surface area contributed by atoms with E-state index in [0.717, 1.165) is 17.0 Å². The quantitative estimate of drug-likeness (QED) is 0.465. The molecule has 25 heavy (non-hydrogen) atoms. The SMILES string of the molecule is Cc1cc(C)nc(SCC(=O)OC(C)C(=O)NCc2ccccc2)n1. The molecule has 0 aliphatic carbocycles. The monoisotopic (exact) mass is 359 g/mol. The molecule has 1 aromatic carbocycles. The number of nitrogens with zero attached hydrogens (tertiary/aromatic N) is 2. The van der Waals surface area contributed by atoms with Crippen molar-refractivity contribution in [3.05, 3.63) is 53.3 Å². The molecular formula is C18H21N3O3S. The van der Waals surface area contributed by atoms with Crippen molar-refractivity contribution in [2.75, 3.05) is 5.75 Å². The van der Waals surface area contributed by atoms with Crippen molar-refractivity contribution in [2.24, 2.45) is 0 Å². The summed E-state index contributed by atoms with van der Waals surface area (Å²) >= 11 is 1.19. The summed E-state index contributed by atoms with van der Waals surface area (Å²) in [5.74, 6) is -0.751. The lowest BCUT2D eigenvalue weighted by Gasteiger charge is -2.13. The first-order chi connectivity index (χ1) is 11.9. The average molecular weight is 359 g/mol. The molecule has 2 aromatic rings. The van der Waals surface area contributed by atoms with Gasteiger partial charge >= 0.3 is 5.97 Å². The van der Waals surface area contributed by atoms with Crippen LogP contribution in [-0.2, 0) is 20.9 Å². The van der Waals surface area contributed by atoms with Crippen molar-refractivity contribution in [3.63, 3.8) is 0 Å². The Labute approximate surface area is 151 Å². The molecule has 0 fully saturated rings. The number of benzene rings is 1. The number of hydrogen-bond donors (Lipinski definition) is 1. The van der Waals surface area contributed by atoms with Gasteiger partial charge in [0.15, 0.2) is 11.3 Å². The fraction of sp³-hybridized carbons (Fsp3) is 0.333. The van der Waals surface area contributed by atoms with Gasteiger partial charge in [0.1, 0.15) is 0 Å². The topological polar surface area (TPSA) is 81.2 Å². The fourth-order valence-electron chi connectivity index (χ4n) is 2.10. The number of aryl methyl sites for hydroxylation is 2. The molecule has 1 atom stereocenters. The van der Waals surface area contributed by atoms with Gasteiger partial charge in [-0.3, -0.25) is 9.59 Å². The molecule has 0 bridgehead atoms. The zero-order chi connectivity index (χ0) is 18.2. The molecule has 7 heteroatoms. The van der Waals surface area contributed by atoms with Gasteiger partial charge in [-0.25, -0.2) is 9.97 Å². The van der Waals surface area contributed by atoms with E-state index in [2.05, 4.69) is 15.3 Å². The third-order valence-corrected chi connectivity index (χ3v) is 4.09. The van der Waals surface area contributed by atoms with Gasteiger partial charge < -0.3 is 10.1 Å². The molecule has 132 valence electrons. The molecule has 6 nitrogen and oxygen atoms in total. The Balaban J connectivity index is 1.76. The molecule has 0 radical (unpaired) electrons. The molecule has 1 heterocycles. The van der Waals surface area contributed by atoms with Gasteiger partial charge in [0, 0.05) is 17.9 Å². The second kappa shape index (κ2) is 9.17. The summed E-state index contributed by atoms with van der Waals surface area (Å²) in [7, 11) is 0. The summed E-state index contributed by atoms with van der Waals surface area (Å²) in [6, 6.07) is 11.4. The van der Waals surface area contributed by atoms with E-state index < -0.39 is 12.1 Å². The Morgan fingerprint density at radius 3 is 2.44 bits per heavy atom. The number of hydrogen-bond acceptors (Lipinski definition) is 6. The largest absolute Gasteiger partial charge is 0.452 e. The third-order valence-electron chi connectivity index (χ3n) is 3.27. The Morgan fingerprint density at radius 2 is 1.80 bits per heavy atom. The van der Waals surface area contributed by atoms with Crippen LogP contribution in [0.4, 0.5) is 0 Å². The normalized spacial score (nSPS) is 11.6. The lowest BCUT2D eigenvalue weighted by molar-refractivity contribution is -0.152. The molecule has 1 unspecified atom stereocenters. The highest BCUT2D eigenvalue weighted by Crippen LogP contribution is 2.14. The van der Waals surface area contributed by atoms with E-state index in [4.69, 9.17) is 4.74 Å². The number of esters is 1. The Kier molecular flexibility index (Phi) is 6.94. The number of aromatic nitrogens is 2. The Morgan fingerprint density at radius 1 is 1.16 bits per heavy atom. The van der Waals surface area contributed by atoms with Gasteiger partial charge in [-0.15, -0.1) is 0 Å². The summed E-state index contributed by atoms with van der Waals surface area (Å²) in [5.41, 5.74) is 2.67. The predicted molar refractivity (Wildman–Crippen MR) is 96.1 cm³/mol. The van der Waals surface area contributed by atoms with Gasteiger partial charge in [-0.2, -0.15) is 0 Å². The molecule has 0 saturated carbocycles. The van der Waals surface area contributed by atoms with E-state index in [1.54, 1.807) is 6.92 Å². The van der Waals surface area contributed by atoms with Crippen LogP contribution < -0.4 is 5.32 Å². The van der Waals surface area contributed by atoms with Crippen LogP contribution in [0, 0.1) is 13.8 Å². The Bertz CT molecular complexity index is 717. The van der Waals surface area contributed by atoms with Crippen molar-refractivity contribution < 1.29 is 14.3 Å². The standard InChI is InChI=1S/C18H21N3O3S/c1-12-9-13(2)21-18(20-12)25-11-16(22)24-14(3)17(23)19-10-15-7-5-4-6-8-15/h4-9,14H,10-11H2,1-3H3,(H,19,23). The van der Waals surface area contributed by atoms with Gasteiger partial charge in [-0.05, 0) is 32.4 Å². The summed E-state index contributed by atoms with van der Waals surface area (Å²) in [6.45, 7) is 5.69. The van der Waals surface area contributed by atoms with Crippen molar-refractivity contribution in [3.8, 4) is 0 Å². The Hall–Kier alpha value is -2.41. The maximum atomic E-state index is 12.0. The van der Waals surface area contributed by atoms with E-state index in [1.807, 2.05) is 50.2 Å². The number of thioether (sulfide) groups is 1. The highest BCUT2D eigenvalue weighted by molar-refractivity contribution is 7.99. The lowest BCUT2D eigenvalue weighted by atomic mass is 10.2. The smallest absolute Gasteiger partial charge is 0.317 e. The molecule has 1 amide bonds. The maximum Gasteiger partial charge on any atom is 0.317 e. The molecule has 1 N–H and O–H groups in total. The first-order valence-electron chi connectivity index (χ1n) is 7.90. The lowest BCUT2D eigenvalue weighted by Crippen LogP contribution is -2.35. The van der Waals surface area contributed by atoms with E-state index in [9.17, 15) is 9.59 Å². The maximum absolute atomic E-state index is 12.0. The third kappa shape index (κ3) is 6.54. The molecular weight excluding hydrogens is 338 g/mol. The van der Waals surface area contributed by atoms with Crippen molar-refractivity contribution in [1.82, 2.24) is 15.3 Å². The molecule has 0 saturated heterocycles. The van der Waals surface area contributed by atoms with Crippen LogP contribution in [0.1, 0.15) is 23.9 Å². The average Bonchev–Trinajstić information content (AvgIpc) is 2.58. The summed E-state index contributed by atoms with van der Waals surface area (Å²) in [4.78, 5) is 32.4. The van der Waals surface area contributed by atoms with Crippen LogP contribution in [0.25, 0.3) is 0 Å². The first kappa shape index (κ1) is 18.9. The van der Waals surface area contributed by atoms with Crippen LogP contribution in [0.3, 0.4) is 0 Å². The van der Waals surface area contributed by atoms with Crippen molar-refractivity contribution in [1.29, 1.82) is 0 Å².